The van der Waals surface area contributed by atoms with Gasteiger partial charge < -0.3 is 19.1 Å². The van der Waals surface area contributed by atoms with E-state index in [0.717, 1.165) is 47.1 Å². The van der Waals surface area contributed by atoms with Gasteiger partial charge in [-0.1, -0.05) is 30.3 Å². The zero-order valence-corrected chi connectivity index (χ0v) is 24.5. The number of ether oxygens (including phenoxy) is 3. The molecule has 1 fully saturated rings. The lowest BCUT2D eigenvalue weighted by atomic mass is 10.1. The Labute approximate surface area is 242 Å². The van der Waals surface area contributed by atoms with Crippen LogP contribution in [0.4, 0.5) is 5.69 Å². The van der Waals surface area contributed by atoms with E-state index in [-0.39, 0.29) is 17.3 Å². The van der Waals surface area contributed by atoms with Crippen molar-refractivity contribution in [1.29, 1.82) is 0 Å². The Balaban J connectivity index is 1.15. The van der Waals surface area contributed by atoms with Crippen molar-refractivity contribution in [2.24, 2.45) is 0 Å². The van der Waals surface area contributed by atoms with Gasteiger partial charge in [0.2, 0.25) is 0 Å². The lowest BCUT2D eigenvalue weighted by molar-refractivity contribution is -0.107. The summed E-state index contributed by atoms with van der Waals surface area (Å²) in [5, 5.41) is 0.962. The summed E-state index contributed by atoms with van der Waals surface area (Å²) in [6, 6.07) is 23.1. The minimum Gasteiger partial charge on any atom is -0.493 e. The quantitative estimate of drug-likeness (QED) is 0.151. The van der Waals surface area contributed by atoms with Gasteiger partial charge >= 0.3 is 10.1 Å². The molecule has 1 aromatic heterocycles. The highest BCUT2D eigenvalue weighted by Gasteiger charge is 2.25. The Bertz CT molecular complexity index is 1580. The fourth-order valence-corrected chi connectivity index (χ4v) is 5.82. The molecule has 0 saturated carbocycles. The first kappa shape index (κ1) is 28.9. The van der Waals surface area contributed by atoms with Crippen molar-refractivity contribution >= 4 is 26.7 Å². The van der Waals surface area contributed by atoms with Crippen molar-refractivity contribution in [2.45, 2.75) is 43.8 Å². The lowest BCUT2D eigenvalue weighted by Gasteiger charge is -2.25. The summed E-state index contributed by atoms with van der Waals surface area (Å²) in [4.78, 5) is 6.88. The molecule has 9 heteroatoms. The minimum atomic E-state index is -4.02. The fraction of sp³-hybridized carbons (Fsp3) is 0.344. The molecule has 3 aromatic carbocycles. The van der Waals surface area contributed by atoms with E-state index in [1.54, 1.807) is 6.07 Å². The molecule has 0 amide bonds. The molecule has 1 aliphatic rings. The van der Waals surface area contributed by atoms with Crippen LogP contribution in [0, 0.1) is 6.92 Å². The largest absolute Gasteiger partial charge is 0.493 e. The summed E-state index contributed by atoms with van der Waals surface area (Å²) in [5.74, 6) is 0.973. The number of rotatable bonds is 11. The number of para-hydroxylation sites is 1. The number of aryl methyl sites for hydroxylation is 1. The van der Waals surface area contributed by atoms with E-state index in [2.05, 4.69) is 29.2 Å². The van der Waals surface area contributed by atoms with Crippen LogP contribution in [0.5, 0.6) is 11.5 Å². The van der Waals surface area contributed by atoms with Crippen molar-refractivity contribution < 1.29 is 26.8 Å². The minimum absolute atomic E-state index is 0.0131. The monoisotopic (exact) mass is 576 g/mol. The Morgan fingerprint density at radius 2 is 1.80 bits per heavy atom. The van der Waals surface area contributed by atoms with Gasteiger partial charge in [0.1, 0.15) is 16.4 Å². The Hall–Kier alpha value is -3.66. The molecule has 0 spiro atoms. The Kier molecular flexibility index (Phi) is 9.07. The average molecular weight is 577 g/mol. The second-order valence-corrected chi connectivity index (χ2v) is 11.9. The van der Waals surface area contributed by atoms with Crippen LogP contribution in [-0.2, 0) is 19.0 Å². The predicted molar refractivity (Wildman–Crippen MR) is 160 cm³/mol. The fourth-order valence-electron chi connectivity index (χ4n) is 4.67. The number of benzene rings is 3. The molecular formula is C32H36N2O6S. The number of hydrogen-bond acceptors (Lipinski definition) is 8. The van der Waals surface area contributed by atoms with Gasteiger partial charge in [-0.25, -0.2) is 4.98 Å². The van der Waals surface area contributed by atoms with Gasteiger partial charge in [-0.2, -0.15) is 8.42 Å². The first-order valence-electron chi connectivity index (χ1n) is 13.9. The molecule has 0 bridgehead atoms. The smallest absolute Gasteiger partial charge is 0.300 e. The molecule has 0 radical (unpaired) electrons. The topological polar surface area (TPSA) is 87.2 Å². The van der Waals surface area contributed by atoms with E-state index < -0.39 is 16.4 Å². The van der Waals surface area contributed by atoms with Crippen LogP contribution >= 0.6 is 0 Å². The molecular weight excluding hydrogens is 540 g/mol. The van der Waals surface area contributed by atoms with Crippen molar-refractivity contribution in [3.8, 4) is 22.8 Å². The molecule has 2 heterocycles. The van der Waals surface area contributed by atoms with Gasteiger partial charge in [-0.05, 0) is 67.8 Å². The molecule has 5 rings (SSSR count). The average Bonchev–Trinajstić information content (AvgIpc) is 2.98. The molecule has 1 aliphatic heterocycles. The molecule has 1 atom stereocenters. The van der Waals surface area contributed by atoms with E-state index in [4.69, 9.17) is 23.4 Å². The van der Waals surface area contributed by atoms with E-state index in [1.165, 1.54) is 6.07 Å². The number of nitrogens with zero attached hydrogens (tertiary/aromatic N) is 2. The summed E-state index contributed by atoms with van der Waals surface area (Å²) in [6.45, 7) is 2.71. The molecule has 1 unspecified atom stereocenters. The zero-order chi connectivity index (χ0) is 28.8. The maximum atomic E-state index is 13.0. The standard InChI is InChI=1S/C32H36N2O6S/c1-23-8-6-9-30(32(23)40-31-10-4-5-19-38-31)41(35,36)39-21-7-20-37-27-16-18-29-25(22-27)13-17-28(33-29)24-11-14-26(15-12-24)34(2)3/h6,8-9,11-18,22,31H,4-5,7,10,19-21H2,1-3H3. The van der Waals surface area contributed by atoms with Crippen LogP contribution in [-0.4, -0.2) is 53.6 Å². The van der Waals surface area contributed by atoms with E-state index in [0.29, 0.717) is 30.9 Å². The molecule has 8 nitrogen and oxygen atoms in total. The number of hydrogen-bond donors (Lipinski definition) is 0. The second-order valence-electron chi connectivity index (χ2n) is 10.3. The first-order valence-corrected chi connectivity index (χ1v) is 15.3. The van der Waals surface area contributed by atoms with Gasteiger partial charge in [-0.3, -0.25) is 4.18 Å². The second kappa shape index (κ2) is 12.9. The summed E-state index contributed by atoms with van der Waals surface area (Å²) in [6.07, 6.45) is 2.63. The molecule has 1 saturated heterocycles. The highest BCUT2D eigenvalue weighted by molar-refractivity contribution is 7.86. The number of pyridine rings is 1. The van der Waals surface area contributed by atoms with Crippen LogP contribution in [0.1, 0.15) is 31.2 Å². The predicted octanol–water partition coefficient (Wildman–Crippen LogP) is 6.36. The number of anilines is 1. The summed E-state index contributed by atoms with van der Waals surface area (Å²) in [5.41, 5.74) is 4.68. The number of fused-ring (bicyclic) bond motifs is 1. The van der Waals surface area contributed by atoms with Crippen molar-refractivity contribution in [3.05, 3.63) is 78.4 Å². The normalized spacial score (nSPS) is 15.5. The van der Waals surface area contributed by atoms with Gasteiger partial charge in [0, 0.05) is 43.6 Å². The Morgan fingerprint density at radius 3 is 2.56 bits per heavy atom. The molecule has 0 N–H and O–H groups in total. The Morgan fingerprint density at radius 1 is 0.976 bits per heavy atom. The van der Waals surface area contributed by atoms with Gasteiger partial charge in [0.25, 0.3) is 0 Å². The van der Waals surface area contributed by atoms with Crippen molar-refractivity contribution in [2.75, 3.05) is 38.8 Å². The molecule has 41 heavy (non-hydrogen) atoms. The van der Waals surface area contributed by atoms with E-state index >= 15 is 0 Å². The van der Waals surface area contributed by atoms with Crippen LogP contribution in [0.2, 0.25) is 0 Å². The maximum absolute atomic E-state index is 13.0. The van der Waals surface area contributed by atoms with Crippen LogP contribution in [0.3, 0.4) is 0 Å². The molecule has 216 valence electrons. The third-order valence-corrected chi connectivity index (χ3v) is 8.31. The highest BCUT2D eigenvalue weighted by atomic mass is 32.2. The summed E-state index contributed by atoms with van der Waals surface area (Å²) in [7, 11) is 0.0147. The third kappa shape index (κ3) is 7.16. The molecule has 0 aliphatic carbocycles. The zero-order valence-electron chi connectivity index (χ0n) is 23.7. The van der Waals surface area contributed by atoms with Gasteiger partial charge in [-0.15, -0.1) is 0 Å². The summed E-state index contributed by atoms with van der Waals surface area (Å²) < 4.78 is 48.8. The van der Waals surface area contributed by atoms with Crippen LogP contribution < -0.4 is 14.4 Å². The van der Waals surface area contributed by atoms with Crippen molar-refractivity contribution in [1.82, 2.24) is 4.98 Å². The number of aromatic nitrogens is 1. The van der Waals surface area contributed by atoms with Gasteiger partial charge in [0.05, 0.1) is 31.0 Å². The lowest BCUT2D eigenvalue weighted by Crippen LogP contribution is -2.26. The van der Waals surface area contributed by atoms with Crippen molar-refractivity contribution in [3.63, 3.8) is 0 Å². The molecule has 4 aromatic rings. The maximum Gasteiger partial charge on any atom is 0.300 e. The van der Waals surface area contributed by atoms with E-state index in [9.17, 15) is 8.42 Å². The SMILES string of the molecule is Cc1cccc(S(=O)(=O)OCCCOc2ccc3nc(-c4ccc(N(C)C)cc4)ccc3c2)c1OC1CCCCO1. The third-order valence-electron chi connectivity index (χ3n) is 6.97. The van der Waals surface area contributed by atoms with Crippen LogP contribution in [0.15, 0.2) is 77.7 Å². The van der Waals surface area contributed by atoms with E-state index in [1.807, 2.05) is 57.4 Å². The highest BCUT2D eigenvalue weighted by Crippen LogP contribution is 2.32. The summed E-state index contributed by atoms with van der Waals surface area (Å²) >= 11 is 0. The van der Waals surface area contributed by atoms with Gasteiger partial charge in [0.15, 0.2) is 6.29 Å². The first-order chi connectivity index (χ1) is 19.8. The van der Waals surface area contributed by atoms with Crippen LogP contribution in [0.25, 0.3) is 22.2 Å².